The molecule has 3 atom stereocenters. The van der Waals surface area contributed by atoms with E-state index in [-0.39, 0.29) is 51.5 Å². The first-order valence-corrected chi connectivity index (χ1v) is 27.1. The Bertz CT molecular complexity index is 2630. The van der Waals surface area contributed by atoms with Crippen molar-refractivity contribution in [1.29, 1.82) is 0 Å². The molecule has 1 saturated carbocycles. The van der Waals surface area contributed by atoms with Crippen LogP contribution in [0.15, 0.2) is 48.1 Å². The summed E-state index contributed by atoms with van der Waals surface area (Å²) in [6.07, 6.45) is 0.757. The van der Waals surface area contributed by atoms with E-state index in [9.17, 15) is 28.7 Å². The molecule has 21 nitrogen and oxygen atoms in total. The van der Waals surface area contributed by atoms with Crippen LogP contribution in [0.3, 0.4) is 0 Å². The van der Waals surface area contributed by atoms with Gasteiger partial charge >= 0.3 is 0 Å². The van der Waals surface area contributed by atoms with E-state index in [2.05, 4.69) is 41.1 Å². The van der Waals surface area contributed by atoms with Gasteiger partial charge in [-0.15, -0.1) is 11.3 Å². The summed E-state index contributed by atoms with van der Waals surface area (Å²) in [5.74, 6) is -0.0984. The molecule has 77 heavy (non-hydrogen) atoms. The number of piperazine rings is 1. The number of aryl methyl sites for hydroxylation is 1. The van der Waals surface area contributed by atoms with Gasteiger partial charge in [0.1, 0.15) is 41.0 Å². The number of thiazole rings is 1. The summed E-state index contributed by atoms with van der Waals surface area (Å²) >= 11 is 7.62. The molecule has 3 fully saturated rings. The number of nitrogens with one attached hydrogen (secondary N) is 4. The predicted octanol–water partition coefficient (Wildman–Crippen LogP) is 4.87. The van der Waals surface area contributed by atoms with Crippen LogP contribution in [0.2, 0.25) is 5.02 Å². The number of carbonyl (C=O) groups is 4. The molecule has 2 aromatic heterocycles. The quantitative estimate of drug-likeness (QED) is 0.0477. The lowest BCUT2D eigenvalue weighted by Crippen LogP contribution is -2.59. The number of halogens is 2. The molecule has 2 aromatic carbocycles. The van der Waals surface area contributed by atoms with Crippen LogP contribution in [0.25, 0.3) is 10.4 Å². The van der Waals surface area contributed by atoms with Crippen molar-refractivity contribution in [2.24, 2.45) is 5.41 Å². The minimum atomic E-state index is -1.98. The van der Waals surface area contributed by atoms with E-state index in [1.807, 2.05) is 30.0 Å². The monoisotopic (exact) mass is 1110 g/mol. The number of β-amino-alcohol motifs (C(OH)–C–C–N with tert-alkyl or cyclic N) is 1. The molecule has 5 N–H and O–H groups in total. The van der Waals surface area contributed by atoms with E-state index in [0.29, 0.717) is 104 Å². The van der Waals surface area contributed by atoms with Gasteiger partial charge < -0.3 is 64.6 Å². The summed E-state index contributed by atoms with van der Waals surface area (Å²) in [6, 6.07) is 8.82. The van der Waals surface area contributed by atoms with E-state index < -0.39 is 47.0 Å². The van der Waals surface area contributed by atoms with Crippen molar-refractivity contribution >= 4 is 64.0 Å². The van der Waals surface area contributed by atoms with E-state index in [1.54, 1.807) is 58.6 Å². The summed E-state index contributed by atoms with van der Waals surface area (Å²) in [7, 11) is 3.26. The molecule has 4 aromatic rings. The highest BCUT2D eigenvalue weighted by atomic mass is 35.5. The molecular weight excluding hydrogens is 1040 g/mol. The van der Waals surface area contributed by atoms with E-state index >= 15 is 0 Å². The molecule has 1 unspecified atom stereocenters. The summed E-state index contributed by atoms with van der Waals surface area (Å²) in [5.41, 5.74) is 2.60. The number of amides is 4. The third-order valence-electron chi connectivity index (χ3n) is 13.4. The van der Waals surface area contributed by atoms with Crippen LogP contribution in [0.5, 0.6) is 11.5 Å². The molecule has 0 radical (unpaired) electrons. The third-order valence-corrected chi connectivity index (χ3v) is 14.6. The number of aromatic nitrogens is 3. The zero-order chi connectivity index (χ0) is 55.1. The number of benzene rings is 2. The van der Waals surface area contributed by atoms with E-state index in [0.717, 1.165) is 35.8 Å². The third kappa shape index (κ3) is 16.4. The maximum atomic E-state index is 14.6. The molecule has 420 valence electrons. The Morgan fingerprint density at radius 3 is 2.21 bits per heavy atom. The Balaban J connectivity index is 0.749. The van der Waals surface area contributed by atoms with Crippen molar-refractivity contribution < 1.29 is 57.1 Å². The molecule has 4 heterocycles. The van der Waals surface area contributed by atoms with Gasteiger partial charge in [0.25, 0.3) is 11.8 Å². The van der Waals surface area contributed by atoms with Crippen molar-refractivity contribution in [2.45, 2.75) is 77.4 Å². The topological polar surface area (TPSA) is 240 Å². The lowest BCUT2D eigenvalue weighted by Gasteiger charge is -2.35. The number of carbonyl (C=O) groups excluding carboxylic acids is 4. The number of ether oxygens (including phenoxy) is 6. The summed E-state index contributed by atoms with van der Waals surface area (Å²) in [4.78, 5) is 73.1. The van der Waals surface area contributed by atoms with Gasteiger partial charge in [0.05, 0.1) is 94.0 Å². The molecule has 0 spiro atoms. The van der Waals surface area contributed by atoms with Crippen molar-refractivity contribution in [3.8, 4) is 21.9 Å². The van der Waals surface area contributed by atoms with Crippen LogP contribution in [0.1, 0.15) is 61.6 Å². The van der Waals surface area contributed by atoms with Crippen molar-refractivity contribution in [2.75, 3.05) is 124 Å². The average Bonchev–Trinajstić information content (AvgIpc) is 3.84. The molecule has 2 aliphatic heterocycles. The number of methoxy groups -OCH3 is 1. The number of hydrogen-bond donors (Lipinski definition) is 5. The zero-order valence-electron chi connectivity index (χ0n) is 44.7. The Hall–Kier alpha value is -5.79. The van der Waals surface area contributed by atoms with Crippen LogP contribution >= 0.6 is 22.9 Å². The summed E-state index contributed by atoms with van der Waals surface area (Å²) in [6.45, 7) is 14.0. The van der Waals surface area contributed by atoms with Gasteiger partial charge in [-0.1, -0.05) is 44.5 Å². The van der Waals surface area contributed by atoms with Crippen molar-refractivity contribution in [3.05, 3.63) is 69.9 Å². The maximum Gasteiger partial charge on any atom is 0.258 e. The number of nitrogens with zero attached hydrogens (tertiary/aromatic N) is 6. The van der Waals surface area contributed by atoms with Gasteiger partial charge in [-0.25, -0.2) is 14.4 Å². The second-order valence-electron chi connectivity index (χ2n) is 20.1. The second kappa shape index (κ2) is 27.7. The van der Waals surface area contributed by atoms with Gasteiger partial charge in [0, 0.05) is 70.4 Å². The Morgan fingerprint density at radius 1 is 0.909 bits per heavy atom. The van der Waals surface area contributed by atoms with E-state index in [4.69, 9.17) is 40.0 Å². The minimum Gasteiger partial charge on any atom is -0.495 e. The number of aliphatic hydroxyl groups is 1. The highest BCUT2D eigenvalue weighted by molar-refractivity contribution is 7.13. The molecule has 1 aliphatic carbocycles. The van der Waals surface area contributed by atoms with Gasteiger partial charge in [-0.2, -0.15) is 4.98 Å². The number of anilines is 3. The number of alkyl halides is 1. The highest BCUT2D eigenvalue weighted by Crippen LogP contribution is 2.41. The molecule has 7 rings (SSSR count). The first kappa shape index (κ1) is 58.9. The SMILES string of the molecule is CNc1nc(Nc2ccc(C(=O)N3CCN(CCOCCOCCOCCOCCOc4cc(-c5scnc5C)ccc4CNC(=O)C4C[C@@H](O)CN4C(=O)[C@@H](NC(=O)C4(F)CC4)C(C)(C)C)CC3)cc2OC)ncc1Cl. The molecule has 4 amide bonds. The predicted molar refractivity (Wildman–Crippen MR) is 289 cm³/mol. The Kier molecular flexibility index (Phi) is 21.2. The van der Waals surface area contributed by atoms with Gasteiger partial charge in [0.2, 0.25) is 17.8 Å². The number of rotatable bonds is 28. The van der Waals surface area contributed by atoms with Crippen LogP contribution in [-0.2, 0) is 39.9 Å². The molecule has 2 saturated heterocycles. The summed E-state index contributed by atoms with van der Waals surface area (Å²) in [5, 5.41) is 22.6. The fourth-order valence-electron chi connectivity index (χ4n) is 8.75. The molecule has 0 bridgehead atoms. The van der Waals surface area contributed by atoms with Crippen LogP contribution in [0.4, 0.5) is 21.8 Å². The van der Waals surface area contributed by atoms with E-state index in [1.165, 1.54) is 22.4 Å². The van der Waals surface area contributed by atoms with Gasteiger partial charge in [0.15, 0.2) is 5.67 Å². The number of hydrogen-bond acceptors (Lipinski definition) is 18. The lowest BCUT2D eigenvalue weighted by molar-refractivity contribution is -0.145. The normalized spacial score (nSPS) is 17.7. The lowest BCUT2D eigenvalue weighted by atomic mass is 9.85. The highest BCUT2D eigenvalue weighted by Gasteiger charge is 2.53. The molecular formula is C53H72ClFN10O11S. The van der Waals surface area contributed by atoms with Crippen LogP contribution in [0, 0.1) is 12.3 Å². The fraction of sp³-hybridized carbons (Fsp3) is 0.566. The number of likely N-dealkylation sites (tertiary alicyclic amines) is 1. The maximum absolute atomic E-state index is 14.6. The fourth-order valence-corrected chi connectivity index (χ4v) is 9.73. The second-order valence-corrected chi connectivity index (χ2v) is 21.3. The largest absolute Gasteiger partial charge is 0.495 e. The van der Waals surface area contributed by atoms with Crippen LogP contribution < -0.4 is 30.7 Å². The number of aliphatic hydroxyl groups excluding tert-OH is 1. The van der Waals surface area contributed by atoms with Gasteiger partial charge in [-0.3, -0.25) is 24.1 Å². The molecule has 3 aliphatic rings. The molecule has 24 heteroatoms. The Labute approximate surface area is 457 Å². The first-order valence-electron chi connectivity index (χ1n) is 25.9. The summed E-state index contributed by atoms with van der Waals surface area (Å²) < 4.78 is 49.4. The smallest absolute Gasteiger partial charge is 0.258 e. The van der Waals surface area contributed by atoms with Crippen molar-refractivity contribution in [1.82, 2.24) is 40.3 Å². The van der Waals surface area contributed by atoms with Gasteiger partial charge in [-0.05, 0) is 55.0 Å². The average molecular weight is 1110 g/mol. The standard InChI is InChI=1S/C53H72ClFN10O11S/c1-34-44(77-33-59-34)35-7-8-37(30-57-47(67)41-29-38(66)32-65(41)49(69)45(52(2,3)4)61-50(70)53(55)11-12-53)42(27-35)76-26-25-75-24-23-74-22-21-73-20-19-72-18-17-63-13-15-64(16-14-63)48(68)36-9-10-40(43(28-36)71-6)60-51-58-31-39(54)46(56-5)62-51/h7-10,27-28,31,33,38,41,45,66H,11-26,29-30,32H2,1-6H3,(H,57,67)(H,61,70)(H2,56,58,60,62)/t38-,41?,45-/m1/s1. The zero-order valence-corrected chi connectivity index (χ0v) is 46.2. The Morgan fingerprint density at radius 2 is 1.58 bits per heavy atom. The van der Waals surface area contributed by atoms with Crippen molar-refractivity contribution in [3.63, 3.8) is 0 Å². The minimum absolute atomic E-state index is 0.0119. The first-order chi connectivity index (χ1) is 37.0. The van der Waals surface area contributed by atoms with Crippen LogP contribution in [-0.4, -0.2) is 195 Å².